The van der Waals surface area contributed by atoms with Crippen LogP contribution in [0.3, 0.4) is 0 Å². The maximum atomic E-state index is 13.1. The van der Waals surface area contributed by atoms with Gasteiger partial charge in [0.15, 0.2) is 6.61 Å². The lowest BCUT2D eigenvalue weighted by Crippen LogP contribution is -2.51. The molecular weight excluding hydrogens is 474 g/mol. The van der Waals surface area contributed by atoms with Crippen LogP contribution in [0.2, 0.25) is 0 Å². The second-order valence-electron chi connectivity index (χ2n) is 8.52. The number of nitrogens with zero attached hydrogens (tertiary/aromatic N) is 3. The first-order valence-electron chi connectivity index (χ1n) is 11.3. The average Bonchev–Trinajstić information content (AvgIpc) is 3.29. The van der Waals surface area contributed by atoms with Gasteiger partial charge in [-0.1, -0.05) is 6.07 Å². The van der Waals surface area contributed by atoms with E-state index in [4.69, 9.17) is 4.74 Å². The maximum Gasteiger partial charge on any atom is 0.321 e. The number of urea groups is 1. The Bertz CT molecular complexity index is 1290. The number of amides is 4. The molecule has 0 atom stereocenters. The molecule has 0 aliphatic carbocycles. The number of fused-ring (bicyclic) bond motifs is 1. The van der Waals surface area contributed by atoms with Crippen LogP contribution in [0, 0.1) is 0 Å². The van der Waals surface area contributed by atoms with E-state index >= 15 is 0 Å². The van der Waals surface area contributed by atoms with Crippen molar-refractivity contribution in [2.45, 2.75) is 17.7 Å². The van der Waals surface area contributed by atoms with E-state index < -0.39 is 10.0 Å². The standard InChI is InChI=1S/C23H25N5O6S/c29-21-15-34-20-7-6-18(14-19(20)25-21)35(32,33)27-11-9-26(10-12-27)23(31)24-16-3-1-4-17(13-16)28-8-2-5-22(28)30/h1,3-4,6-7,13-14H,2,5,8-12,15H2,(H,24,31)(H,25,29). The number of hydrogen-bond donors (Lipinski definition) is 2. The van der Waals surface area contributed by atoms with E-state index in [9.17, 15) is 22.8 Å². The molecule has 0 bridgehead atoms. The van der Waals surface area contributed by atoms with Crippen molar-refractivity contribution in [3.05, 3.63) is 42.5 Å². The molecule has 2 aromatic rings. The predicted octanol–water partition coefficient (Wildman–Crippen LogP) is 1.68. The summed E-state index contributed by atoms with van der Waals surface area (Å²) in [6, 6.07) is 11.2. The summed E-state index contributed by atoms with van der Waals surface area (Å²) in [7, 11) is -3.81. The predicted molar refractivity (Wildman–Crippen MR) is 128 cm³/mol. The van der Waals surface area contributed by atoms with Crippen LogP contribution >= 0.6 is 0 Å². The fourth-order valence-electron chi connectivity index (χ4n) is 4.38. The number of carbonyl (C=O) groups excluding carboxylic acids is 3. The fraction of sp³-hybridized carbons (Fsp3) is 0.348. The number of rotatable bonds is 4. The maximum absolute atomic E-state index is 13.1. The van der Waals surface area contributed by atoms with Gasteiger partial charge in [0.2, 0.25) is 15.9 Å². The van der Waals surface area contributed by atoms with Gasteiger partial charge in [0, 0.05) is 50.5 Å². The molecule has 11 nitrogen and oxygen atoms in total. The Labute approximate surface area is 202 Å². The monoisotopic (exact) mass is 499 g/mol. The third-order valence-electron chi connectivity index (χ3n) is 6.23. The molecule has 4 amide bonds. The Hall–Kier alpha value is -3.64. The molecule has 2 aromatic carbocycles. The highest BCUT2D eigenvalue weighted by Crippen LogP contribution is 2.31. The number of ether oxygens (including phenoxy) is 1. The number of sulfonamides is 1. The van der Waals surface area contributed by atoms with Gasteiger partial charge in [-0.15, -0.1) is 0 Å². The van der Waals surface area contributed by atoms with Crippen molar-refractivity contribution in [2.24, 2.45) is 0 Å². The smallest absolute Gasteiger partial charge is 0.321 e. The third-order valence-corrected chi connectivity index (χ3v) is 8.12. The SMILES string of the molecule is O=C1COc2ccc(S(=O)(=O)N3CCN(C(=O)Nc4cccc(N5CCCC5=O)c4)CC3)cc2N1. The van der Waals surface area contributed by atoms with E-state index in [1.54, 1.807) is 28.0 Å². The second kappa shape index (κ2) is 9.19. The number of hydrogen-bond acceptors (Lipinski definition) is 6. The highest BCUT2D eigenvalue weighted by atomic mass is 32.2. The summed E-state index contributed by atoms with van der Waals surface area (Å²) in [5.74, 6) is 0.145. The minimum absolute atomic E-state index is 0.0493. The average molecular weight is 500 g/mol. The second-order valence-corrected chi connectivity index (χ2v) is 10.5. The summed E-state index contributed by atoms with van der Waals surface area (Å²) in [4.78, 5) is 39.7. The first-order valence-corrected chi connectivity index (χ1v) is 12.8. The molecule has 2 N–H and O–H groups in total. The van der Waals surface area contributed by atoms with Gasteiger partial charge in [-0.05, 0) is 42.8 Å². The third kappa shape index (κ3) is 4.66. The number of carbonyl (C=O) groups is 3. The van der Waals surface area contributed by atoms with E-state index in [-0.39, 0.29) is 55.5 Å². The van der Waals surface area contributed by atoms with Gasteiger partial charge >= 0.3 is 6.03 Å². The first-order chi connectivity index (χ1) is 16.8. The van der Waals surface area contributed by atoms with Gasteiger partial charge in [-0.2, -0.15) is 4.31 Å². The zero-order valence-electron chi connectivity index (χ0n) is 18.9. The van der Waals surface area contributed by atoms with Gasteiger partial charge < -0.3 is 25.2 Å². The van der Waals surface area contributed by atoms with Gasteiger partial charge in [0.25, 0.3) is 5.91 Å². The lowest BCUT2D eigenvalue weighted by molar-refractivity contribution is -0.119. The van der Waals surface area contributed by atoms with Crippen LogP contribution in [0.5, 0.6) is 5.75 Å². The molecule has 5 rings (SSSR count). The summed E-state index contributed by atoms with van der Waals surface area (Å²) in [5, 5.41) is 5.46. The van der Waals surface area contributed by atoms with Crippen LogP contribution < -0.4 is 20.3 Å². The van der Waals surface area contributed by atoms with Crippen LogP contribution in [0.15, 0.2) is 47.4 Å². The number of anilines is 3. The summed E-state index contributed by atoms with van der Waals surface area (Å²) in [6.07, 6.45) is 1.34. The first kappa shape index (κ1) is 23.1. The topological polar surface area (TPSA) is 128 Å². The Morgan fingerprint density at radius 1 is 1.00 bits per heavy atom. The van der Waals surface area contributed by atoms with Crippen molar-refractivity contribution >= 4 is 44.9 Å². The number of nitrogens with one attached hydrogen (secondary N) is 2. The van der Waals surface area contributed by atoms with E-state index in [0.29, 0.717) is 30.1 Å². The van der Waals surface area contributed by atoms with Gasteiger partial charge in [0.1, 0.15) is 5.75 Å². The van der Waals surface area contributed by atoms with Crippen molar-refractivity contribution in [1.29, 1.82) is 0 Å². The lowest BCUT2D eigenvalue weighted by Gasteiger charge is -2.34. The highest BCUT2D eigenvalue weighted by Gasteiger charge is 2.31. The molecule has 0 unspecified atom stereocenters. The van der Waals surface area contributed by atoms with Crippen molar-refractivity contribution in [3.8, 4) is 5.75 Å². The molecule has 3 aliphatic rings. The van der Waals surface area contributed by atoms with Gasteiger partial charge in [-0.3, -0.25) is 9.59 Å². The zero-order valence-corrected chi connectivity index (χ0v) is 19.7. The summed E-state index contributed by atoms with van der Waals surface area (Å²) in [6.45, 7) is 1.27. The van der Waals surface area contributed by atoms with E-state index in [1.807, 2.05) is 6.07 Å². The normalized spacial score (nSPS) is 18.6. The zero-order chi connectivity index (χ0) is 24.6. The van der Waals surface area contributed by atoms with E-state index in [1.165, 1.54) is 22.5 Å². The molecule has 35 heavy (non-hydrogen) atoms. The van der Waals surface area contributed by atoms with E-state index in [2.05, 4.69) is 10.6 Å². The molecule has 0 saturated carbocycles. The Balaban J connectivity index is 1.21. The summed E-state index contributed by atoms with van der Waals surface area (Å²) < 4.78 is 32.9. The number of piperazine rings is 1. The Morgan fingerprint density at radius 2 is 1.80 bits per heavy atom. The lowest BCUT2D eigenvalue weighted by atomic mass is 10.2. The molecule has 3 heterocycles. The van der Waals surface area contributed by atoms with E-state index in [0.717, 1.165) is 12.1 Å². The molecular formula is C23H25N5O6S. The fourth-order valence-corrected chi connectivity index (χ4v) is 5.83. The quantitative estimate of drug-likeness (QED) is 0.659. The van der Waals surface area contributed by atoms with Crippen LogP contribution in [0.4, 0.5) is 21.9 Å². The van der Waals surface area contributed by atoms with Crippen molar-refractivity contribution in [2.75, 3.05) is 54.9 Å². The van der Waals surface area contributed by atoms with Gasteiger partial charge in [-0.25, -0.2) is 13.2 Å². The summed E-state index contributed by atoms with van der Waals surface area (Å²) in [5.41, 5.74) is 1.63. The van der Waals surface area contributed by atoms with Crippen molar-refractivity contribution in [3.63, 3.8) is 0 Å². The Morgan fingerprint density at radius 3 is 2.54 bits per heavy atom. The largest absolute Gasteiger partial charge is 0.482 e. The van der Waals surface area contributed by atoms with Crippen molar-refractivity contribution < 1.29 is 27.5 Å². The van der Waals surface area contributed by atoms with Crippen LogP contribution in [-0.4, -0.2) is 74.8 Å². The minimum Gasteiger partial charge on any atom is -0.482 e. The van der Waals surface area contributed by atoms with Crippen LogP contribution in [-0.2, 0) is 19.6 Å². The van der Waals surface area contributed by atoms with Crippen LogP contribution in [0.25, 0.3) is 0 Å². The molecule has 0 aromatic heterocycles. The van der Waals surface area contributed by atoms with Crippen molar-refractivity contribution in [1.82, 2.24) is 9.21 Å². The molecule has 2 saturated heterocycles. The molecule has 2 fully saturated rings. The molecule has 12 heteroatoms. The minimum atomic E-state index is -3.81. The summed E-state index contributed by atoms with van der Waals surface area (Å²) >= 11 is 0. The van der Waals surface area contributed by atoms with Gasteiger partial charge in [0.05, 0.1) is 10.6 Å². The Kier molecular flexibility index (Phi) is 6.07. The molecule has 184 valence electrons. The number of benzene rings is 2. The molecule has 0 spiro atoms. The molecule has 3 aliphatic heterocycles. The molecule has 0 radical (unpaired) electrons. The van der Waals surface area contributed by atoms with Crippen LogP contribution in [0.1, 0.15) is 12.8 Å². The highest BCUT2D eigenvalue weighted by molar-refractivity contribution is 7.89.